The number of carboxylic acids is 1. The van der Waals surface area contributed by atoms with Crippen LogP contribution in [0.1, 0.15) is 29.8 Å². The van der Waals surface area contributed by atoms with Gasteiger partial charge >= 0.3 is 5.97 Å². The molecule has 5 nitrogen and oxygen atoms in total. The Bertz CT molecular complexity index is 534. The van der Waals surface area contributed by atoms with Gasteiger partial charge in [0, 0.05) is 6.04 Å². The molecule has 0 fully saturated rings. The van der Waals surface area contributed by atoms with Gasteiger partial charge in [-0.25, -0.2) is 17.9 Å². The first-order chi connectivity index (χ1) is 7.74. The molecule has 0 aliphatic carbocycles. The van der Waals surface area contributed by atoms with Gasteiger partial charge in [0.15, 0.2) is 0 Å². The molecule has 1 aromatic rings. The summed E-state index contributed by atoms with van der Waals surface area (Å²) in [7, 11) is -3.66. The van der Waals surface area contributed by atoms with Crippen LogP contribution in [0.25, 0.3) is 0 Å². The SMILES string of the molecule is Cc1ccc(C(=O)O)cc1S(=O)(=O)NC(C)C. The molecule has 6 heteroatoms. The molecule has 0 aliphatic rings. The molecule has 0 aliphatic heterocycles. The molecule has 17 heavy (non-hydrogen) atoms. The highest BCUT2D eigenvalue weighted by molar-refractivity contribution is 7.89. The molecule has 0 aromatic heterocycles. The second-order valence-corrected chi connectivity index (χ2v) is 5.74. The smallest absolute Gasteiger partial charge is 0.335 e. The quantitative estimate of drug-likeness (QED) is 0.853. The number of benzene rings is 1. The average molecular weight is 257 g/mol. The van der Waals surface area contributed by atoms with Crippen LogP contribution >= 0.6 is 0 Å². The lowest BCUT2D eigenvalue weighted by atomic mass is 10.1. The lowest BCUT2D eigenvalue weighted by Gasteiger charge is -2.12. The molecule has 1 aromatic carbocycles. The zero-order valence-corrected chi connectivity index (χ0v) is 10.7. The Morgan fingerprint density at radius 2 is 1.94 bits per heavy atom. The third-order valence-electron chi connectivity index (χ3n) is 2.12. The Morgan fingerprint density at radius 1 is 1.35 bits per heavy atom. The van der Waals surface area contributed by atoms with E-state index in [0.717, 1.165) is 0 Å². The van der Waals surface area contributed by atoms with Gasteiger partial charge < -0.3 is 5.11 Å². The zero-order chi connectivity index (χ0) is 13.2. The van der Waals surface area contributed by atoms with Crippen LogP contribution in [0.2, 0.25) is 0 Å². The van der Waals surface area contributed by atoms with Gasteiger partial charge in [0.25, 0.3) is 0 Å². The Labute approximate surface area is 101 Å². The number of carbonyl (C=O) groups is 1. The Hall–Kier alpha value is -1.40. The molecule has 0 atom stereocenters. The molecule has 1 rings (SSSR count). The van der Waals surface area contributed by atoms with Crippen LogP contribution in [0, 0.1) is 6.92 Å². The van der Waals surface area contributed by atoms with E-state index < -0.39 is 16.0 Å². The van der Waals surface area contributed by atoms with Crippen LogP contribution in [-0.4, -0.2) is 25.5 Å². The number of aryl methyl sites for hydroxylation is 1. The van der Waals surface area contributed by atoms with Crippen molar-refractivity contribution < 1.29 is 18.3 Å². The fourth-order valence-corrected chi connectivity index (χ4v) is 2.92. The second-order valence-electron chi connectivity index (χ2n) is 4.06. The first-order valence-electron chi connectivity index (χ1n) is 5.10. The Morgan fingerprint density at radius 3 is 2.41 bits per heavy atom. The first-order valence-corrected chi connectivity index (χ1v) is 6.58. The molecule has 0 saturated carbocycles. The summed E-state index contributed by atoms with van der Waals surface area (Å²) in [4.78, 5) is 10.8. The minimum Gasteiger partial charge on any atom is -0.478 e. The summed E-state index contributed by atoms with van der Waals surface area (Å²) in [6.45, 7) is 5.03. The largest absolute Gasteiger partial charge is 0.478 e. The molecule has 0 saturated heterocycles. The molecule has 0 heterocycles. The van der Waals surface area contributed by atoms with E-state index in [1.807, 2.05) is 0 Å². The van der Waals surface area contributed by atoms with Crippen LogP contribution < -0.4 is 4.72 Å². The minimum absolute atomic E-state index is 0.00565. The molecule has 0 spiro atoms. The lowest BCUT2D eigenvalue weighted by Crippen LogP contribution is -2.30. The number of aromatic carboxylic acids is 1. The molecule has 2 N–H and O–H groups in total. The van der Waals surface area contributed by atoms with Crippen LogP contribution in [0.4, 0.5) is 0 Å². The highest BCUT2D eigenvalue weighted by Crippen LogP contribution is 2.17. The minimum atomic E-state index is -3.66. The van der Waals surface area contributed by atoms with Gasteiger partial charge in [-0.15, -0.1) is 0 Å². The number of sulfonamides is 1. The molecule has 94 valence electrons. The van der Waals surface area contributed by atoms with Gasteiger partial charge in [-0.2, -0.15) is 0 Å². The van der Waals surface area contributed by atoms with Crippen molar-refractivity contribution in [2.24, 2.45) is 0 Å². The van der Waals surface area contributed by atoms with Gasteiger partial charge in [0.05, 0.1) is 10.5 Å². The van der Waals surface area contributed by atoms with E-state index in [2.05, 4.69) is 4.72 Å². The van der Waals surface area contributed by atoms with Gasteiger partial charge in [-0.3, -0.25) is 0 Å². The van der Waals surface area contributed by atoms with Crippen molar-refractivity contribution in [1.82, 2.24) is 4.72 Å². The third-order valence-corrected chi connectivity index (χ3v) is 3.92. The van der Waals surface area contributed by atoms with E-state index in [-0.39, 0.29) is 16.5 Å². The number of hydrogen-bond donors (Lipinski definition) is 2. The highest BCUT2D eigenvalue weighted by Gasteiger charge is 2.19. The fraction of sp³-hybridized carbons (Fsp3) is 0.364. The summed E-state index contributed by atoms with van der Waals surface area (Å²) in [5, 5.41) is 8.83. The zero-order valence-electron chi connectivity index (χ0n) is 9.89. The van der Waals surface area contributed by atoms with Crippen LogP contribution in [-0.2, 0) is 10.0 Å². The number of rotatable bonds is 4. The molecular weight excluding hydrogens is 242 g/mol. The van der Waals surface area contributed by atoms with Gasteiger partial charge in [0.2, 0.25) is 10.0 Å². The summed E-state index contributed by atoms with van der Waals surface area (Å²) in [6.07, 6.45) is 0. The predicted molar refractivity (Wildman–Crippen MR) is 63.6 cm³/mol. The summed E-state index contributed by atoms with van der Waals surface area (Å²) in [6, 6.07) is 3.79. The lowest BCUT2D eigenvalue weighted by molar-refractivity contribution is 0.0696. The van der Waals surface area contributed by atoms with Gasteiger partial charge in [0.1, 0.15) is 0 Å². The van der Waals surface area contributed by atoms with Crippen molar-refractivity contribution in [1.29, 1.82) is 0 Å². The maximum atomic E-state index is 11.9. The summed E-state index contributed by atoms with van der Waals surface area (Å²) in [5.41, 5.74) is 0.475. The van der Waals surface area contributed by atoms with Crippen molar-refractivity contribution >= 4 is 16.0 Å². The molecule has 0 amide bonds. The highest BCUT2D eigenvalue weighted by atomic mass is 32.2. The number of carboxylic acid groups (broad SMARTS) is 1. The molecular formula is C11H15NO4S. The standard InChI is InChI=1S/C11H15NO4S/c1-7(2)12-17(15,16)10-6-9(11(13)14)5-4-8(10)3/h4-7,12H,1-3H3,(H,13,14). The third kappa shape index (κ3) is 3.28. The Kier molecular flexibility index (Phi) is 3.90. The maximum absolute atomic E-state index is 11.9. The van der Waals surface area contributed by atoms with E-state index in [0.29, 0.717) is 5.56 Å². The number of nitrogens with one attached hydrogen (secondary N) is 1. The van der Waals surface area contributed by atoms with Crippen molar-refractivity contribution in [2.45, 2.75) is 31.7 Å². The summed E-state index contributed by atoms with van der Waals surface area (Å²) < 4.78 is 26.3. The van der Waals surface area contributed by atoms with E-state index in [9.17, 15) is 13.2 Å². The molecule has 0 bridgehead atoms. The van der Waals surface area contributed by atoms with Crippen LogP contribution in [0.15, 0.2) is 23.1 Å². The predicted octanol–water partition coefficient (Wildman–Crippen LogP) is 1.38. The fourth-order valence-electron chi connectivity index (χ4n) is 1.40. The van der Waals surface area contributed by atoms with E-state index in [4.69, 9.17) is 5.11 Å². The average Bonchev–Trinajstić information content (AvgIpc) is 2.15. The van der Waals surface area contributed by atoms with E-state index in [1.165, 1.54) is 18.2 Å². The van der Waals surface area contributed by atoms with E-state index in [1.54, 1.807) is 20.8 Å². The van der Waals surface area contributed by atoms with Crippen molar-refractivity contribution in [2.75, 3.05) is 0 Å². The number of hydrogen-bond acceptors (Lipinski definition) is 3. The van der Waals surface area contributed by atoms with Gasteiger partial charge in [-0.1, -0.05) is 6.07 Å². The topological polar surface area (TPSA) is 83.5 Å². The van der Waals surface area contributed by atoms with Crippen molar-refractivity contribution in [3.63, 3.8) is 0 Å². The Balaban J connectivity index is 3.30. The summed E-state index contributed by atoms with van der Waals surface area (Å²) in [5.74, 6) is -1.15. The second kappa shape index (κ2) is 4.85. The first kappa shape index (κ1) is 13.7. The van der Waals surface area contributed by atoms with E-state index >= 15 is 0 Å². The van der Waals surface area contributed by atoms with Gasteiger partial charge in [-0.05, 0) is 38.5 Å². The monoisotopic (exact) mass is 257 g/mol. The summed E-state index contributed by atoms with van der Waals surface area (Å²) >= 11 is 0. The molecule has 0 radical (unpaired) electrons. The van der Waals surface area contributed by atoms with Crippen molar-refractivity contribution in [3.8, 4) is 0 Å². The maximum Gasteiger partial charge on any atom is 0.335 e. The van der Waals surface area contributed by atoms with Crippen LogP contribution in [0.5, 0.6) is 0 Å². The van der Waals surface area contributed by atoms with Crippen molar-refractivity contribution in [3.05, 3.63) is 29.3 Å². The molecule has 0 unspecified atom stereocenters. The normalized spacial score (nSPS) is 11.8. The van der Waals surface area contributed by atoms with Crippen LogP contribution in [0.3, 0.4) is 0 Å².